The zero-order valence-electron chi connectivity index (χ0n) is 13.4. The summed E-state index contributed by atoms with van der Waals surface area (Å²) in [5.41, 5.74) is 2.79. The smallest absolute Gasteiger partial charge is 0.323 e. The molecule has 0 bridgehead atoms. The number of para-hydroxylation sites is 1. The van der Waals surface area contributed by atoms with Crippen LogP contribution in [0.5, 0.6) is 0 Å². The fraction of sp³-hybridized carbons (Fsp3) is 0.167. The van der Waals surface area contributed by atoms with Crippen LogP contribution in [0.2, 0.25) is 0 Å². The summed E-state index contributed by atoms with van der Waals surface area (Å²) in [6, 6.07) is 12.3. The molecule has 2 heterocycles. The molecule has 0 saturated heterocycles. The van der Waals surface area contributed by atoms with Gasteiger partial charge in [-0.15, -0.1) is 0 Å². The summed E-state index contributed by atoms with van der Waals surface area (Å²) in [5.74, 6) is -1.10. The lowest BCUT2D eigenvalue weighted by Crippen LogP contribution is -2.31. The van der Waals surface area contributed by atoms with Crippen LogP contribution in [0.15, 0.2) is 47.3 Å². The van der Waals surface area contributed by atoms with Crippen molar-refractivity contribution in [2.24, 2.45) is 0 Å². The van der Waals surface area contributed by atoms with Gasteiger partial charge in [0.25, 0.3) is 5.91 Å². The second-order valence-corrected chi connectivity index (χ2v) is 5.89. The fourth-order valence-electron chi connectivity index (χ4n) is 3.26. The van der Waals surface area contributed by atoms with Crippen molar-refractivity contribution in [1.82, 2.24) is 9.97 Å². The highest BCUT2D eigenvalue weighted by Crippen LogP contribution is 2.37. The number of imidazole rings is 1. The maximum atomic E-state index is 13.0. The van der Waals surface area contributed by atoms with Crippen LogP contribution >= 0.6 is 0 Å². The number of carbonyl (C=O) groups excluding carboxylic acids is 2. The normalized spacial score (nSPS) is 16.0. The Morgan fingerprint density at radius 2 is 1.88 bits per heavy atom. The second kappa shape index (κ2) is 5.62. The number of fused-ring (bicyclic) bond motifs is 2. The van der Waals surface area contributed by atoms with Crippen LogP contribution < -0.4 is 10.6 Å². The minimum absolute atomic E-state index is 0.229. The summed E-state index contributed by atoms with van der Waals surface area (Å²) in [7, 11) is 1.34. The first-order valence-electron chi connectivity index (χ1n) is 7.79. The first kappa shape index (κ1) is 15.2. The molecule has 7 nitrogen and oxygen atoms in total. The van der Waals surface area contributed by atoms with Gasteiger partial charge in [0.05, 0.1) is 18.1 Å². The minimum Gasteiger partial charge on any atom is -0.468 e. The largest absolute Gasteiger partial charge is 0.468 e. The van der Waals surface area contributed by atoms with Gasteiger partial charge in [0.2, 0.25) is 0 Å². The topological polar surface area (TPSA) is 95.3 Å². The van der Waals surface area contributed by atoms with E-state index < -0.39 is 5.92 Å². The van der Waals surface area contributed by atoms with Crippen LogP contribution in [0.25, 0.3) is 11.0 Å². The molecule has 1 aromatic heterocycles. The molecule has 4 rings (SSSR count). The Kier molecular flexibility index (Phi) is 3.42. The number of aromatic amines is 2. The lowest BCUT2D eigenvalue weighted by atomic mass is 10.0. The van der Waals surface area contributed by atoms with Crippen LogP contribution in [0.1, 0.15) is 21.8 Å². The lowest BCUT2D eigenvalue weighted by Gasteiger charge is -2.17. The molecule has 0 unspecified atom stereocenters. The SMILES string of the molecule is COC(=O)[C@@H]1CN(C(=O)c2ccc3[nH]c(=O)[nH]c3c2)c2ccccc21. The van der Waals surface area contributed by atoms with E-state index in [1.54, 1.807) is 23.1 Å². The number of H-pyrrole nitrogens is 2. The van der Waals surface area contributed by atoms with Gasteiger partial charge in [-0.25, -0.2) is 4.79 Å². The highest BCUT2D eigenvalue weighted by atomic mass is 16.5. The average molecular weight is 337 g/mol. The summed E-state index contributed by atoms with van der Waals surface area (Å²) < 4.78 is 4.86. The molecule has 0 spiro atoms. The maximum Gasteiger partial charge on any atom is 0.323 e. The molecule has 126 valence electrons. The third-order valence-corrected chi connectivity index (χ3v) is 4.46. The van der Waals surface area contributed by atoms with E-state index in [9.17, 15) is 14.4 Å². The molecule has 1 amide bonds. The number of nitrogens with zero attached hydrogens (tertiary/aromatic N) is 1. The first-order chi connectivity index (χ1) is 12.1. The van der Waals surface area contributed by atoms with E-state index in [2.05, 4.69) is 9.97 Å². The van der Waals surface area contributed by atoms with Crippen molar-refractivity contribution in [1.29, 1.82) is 0 Å². The fourth-order valence-corrected chi connectivity index (χ4v) is 3.26. The van der Waals surface area contributed by atoms with Crippen LogP contribution in [-0.2, 0) is 9.53 Å². The molecule has 0 radical (unpaired) electrons. The molecular formula is C18H15N3O4. The monoisotopic (exact) mass is 337 g/mol. The number of anilines is 1. The van der Waals surface area contributed by atoms with Gasteiger partial charge in [0.15, 0.2) is 0 Å². The number of benzene rings is 2. The Hall–Kier alpha value is -3.35. The quantitative estimate of drug-likeness (QED) is 0.697. The van der Waals surface area contributed by atoms with Gasteiger partial charge in [0, 0.05) is 17.8 Å². The molecule has 0 aliphatic carbocycles. The van der Waals surface area contributed by atoms with E-state index in [0.717, 1.165) is 5.56 Å². The van der Waals surface area contributed by atoms with Gasteiger partial charge in [-0.1, -0.05) is 18.2 Å². The molecule has 0 fully saturated rings. The number of hydrogen-bond acceptors (Lipinski definition) is 4. The van der Waals surface area contributed by atoms with Crippen LogP contribution in [0.4, 0.5) is 5.69 Å². The van der Waals surface area contributed by atoms with E-state index in [1.807, 2.05) is 24.3 Å². The lowest BCUT2D eigenvalue weighted by molar-refractivity contribution is -0.141. The van der Waals surface area contributed by atoms with Crippen molar-refractivity contribution in [3.63, 3.8) is 0 Å². The number of ether oxygens (including phenoxy) is 1. The van der Waals surface area contributed by atoms with Crippen molar-refractivity contribution < 1.29 is 14.3 Å². The van der Waals surface area contributed by atoms with Crippen LogP contribution in [0.3, 0.4) is 0 Å². The van der Waals surface area contributed by atoms with E-state index in [1.165, 1.54) is 7.11 Å². The number of amides is 1. The van der Waals surface area contributed by atoms with Crippen molar-refractivity contribution in [3.8, 4) is 0 Å². The van der Waals surface area contributed by atoms with E-state index in [-0.39, 0.29) is 24.1 Å². The van der Waals surface area contributed by atoms with Crippen molar-refractivity contribution in [2.45, 2.75) is 5.92 Å². The number of aromatic nitrogens is 2. The Morgan fingerprint density at radius 3 is 2.68 bits per heavy atom. The van der Waals surface area contributed by atoms with Crippen molar-refractivity contribution >= 4 is 28.6 Å². The van der Waals surface area contributed by atoms with Gasteiger partial charge in [-0.05, 0) is 29.8 Å². The number of hydrogen-bond donors (Lipinski definition) is 2. The molecule has 1 atom stereocenters. The second-order valence-electron chi connectivity index (χ2n) is 5.89. The number of methoxy groups -OCH3 is 1. The predicted octanol–water partition coefficient (Wildman–Crippen LogP) is 1.77. The summed E-state index contributed by atoms with van der Waals surface area (Å²) in [6.45, 7) is 0.229. The summed E-state index contributed by atoms with van der Waals surface area (Å²) in [5, 5.41) is 0. The number of rotatable bonds is 2. The standard InChI is InChI=1S/C18H15N3O4/c1-25-17(23)12-9-21(15-5-3-2-4-11(12)15)16(22)10-6-7-13-14(8-10)20-18(24)19-13/h2-8,12H,9H2,1H3,(H2,19,20,24)/t12-/m1/s1. The zero-order chi connectivity index (χ0) is 17.6. The van der Waals surface area contributed by atoms with E-state index in [4.69, 9.17) is 4.74 Å². The van der Waals surface area contributed by atoms with E-state index >= 15 is 0 Å². The summed E-state index contributed by atoms with van der Waals surface area (Å²) >= 11 is 0. The third kappa shape index (κ3) is 2.40. The molecule has 1 aliphatic heterocycles. The Balaban J connectivity index is 1.74. The maximum absolute atomic E-state index is 13.0. The first-order valence-corrected chi connectivity index (χ1v) is 7.79. The Bertz CT molecular complexity index is 1050. The molecular weight excluding hydrogens is 322 g/mol. The zero-order valence-corrected chi connectivity index (χ0v) is 13.4. The molecule has 0 saturated carbocycles. The third-order valence-electron chi connectivity index (χ3n) is 4.46. The highest BCUT2D eigenvalue weighted by Gasteiger charge is 2.37. The Morgan fingerprint density at radius 1 is 1.12 bits per heavy atom. The van der Waals surface area contributed by atoms with Gasteiger partial charge in [0.1, 0.15) is 5.92 Å². The summed E-state index contributed by atoms with van der Waals surface area (Å²) in [4.78, 5) is 43.3. The van der Waals surface area contributed by atoms with Gasteiger partial charge in [-0.2, -0.15) is 0 Å². The van der Waals surface area contributed by atoms with Crippen molar-refractivity contribution in [3.05, 3.63) is 64.1 Å². The molecule has 25 heavy (non-hydrogen) atoms. The number of carbonyl (C=O) groups is 2. The van der Waals surface area contributed by atoms with Crippen LogP contribution in [-0.4, -0.2) is 35.5 Å². The van der Waals surface area contributed by atoms with Gasteiger partial charge >= 0.3 is 11.7 Å². The molecule has 2 aromatic carbocycles. The molecule has 1 aliphatic rings. The summed E-state index contributed by atoms with van der Waals surface area (Å²) in [6.07, 6.45) is 0. The molecule has 2 N–H and O–H groups in total. The predicted molar refractivity (Wildman–Crippen MR) is 91.8 cm³/mol. The van der Waals surface area contributed by atoms with Gasteiger partial charge < -0.3 is 19.6 Å². The minimum atomic E-state index is -0.499. The van der Waals surface area contributed by atoms with Crippen LogP contribution in [0, 0.1) is 0 Å². The number of esters is 1. The average Bonchev–Trinajstić information content (AvgIpc) is 3.19. The molecule has 3 aromatic rings. The van der Waals surface area contributed by atoms with E-state index in [0.29, 0.717) is 22.3 Å². The Labute approximate surface area is 142 Å². The highest BCUT2D eigenvalue weighted by molar-refractivity contribution is 6.10. The van der Waals surface area contributed by atoms with Gasteiger partial charge in [-0.3, -0.25) is 9.59 Å². The van der Waals surface area contributed by atoms with Crippen molar-refractivity contribution in [2.75, 3.05) is 18.6 Å². The number of nitrogens with one attached hydrogen (secondary N) is 2. The molecule has 7 heteroatoms.